The Morgan fingerprint density at radius 1 is 1.61 bits per heavy atom. The number of esters is 1. The zero-order chi connectivity index (χ0) is 13.8. The molecule has 0 fully saturated rings. The Bertz CT molecular complexity index is 420. The fourth-order valence-electron chi connectivity index (χ4n) is 1.54. The quantitative estimate of drug-likeness (QED) is 0.781. The largest absolute Gasteiger partial charge is 0.467 e. The smallest absolute Gasteiger partial charge is 0.338 e. The molecule has 0 aliphatic carbocycles. The predicted molar refractivity (Wildman–Crippen MR) is 65.5 cm³/mol. The first kappa shape index (κ1) is 14.6. The van der Waals surface area contributed by atoms with E-state index >= 15 is 0 Å². The van der Waals surface area contributed by atoms with Gasteiger partial charge in [0.1, 0.15) is 5.82 Å². The van der Waals surface area contributed by atoms with Gasteiger partial charge in [-0.05, 0) is 31.5 Å². The van der Waals surface area contributed by atoms with Crippen molar-refractivity contribution >= 4 is 5.97 Å². The summed E-state index contributed by atoms with van der Waals surface area (Å²) in [5, 5.41) is 12.8. The second-order valence-corrected chi connectivity index (χ2v) is 4.42. The number of benzene rings is 1. The molecule has 0 aliphatic heterocycles. The molecule has 5 heteroatoms. The minimum absolute atomic E-state index is 0.0252. The van der Waals surface area contributed by atoms with Gasteiger partial charge < -0.3 is 15.2 Å². The minimum atomic E-state index is -1.60. The van der Waals surface area contributed by atoms with E-state index in [2.05, 4.69) is 10.1 Å². The van der Waals surface area contributed by atoms with Gasteiger partial charge in [0.25, 0.3) is 0 Å². The number of rotatable bonds is 5. The lowest BCUT2D eigenvalue weighted by Gasteiger charge is -2.23. The van der Waals surface area contributed by atoms with E-state index in [0.29, 0.717) is 0 Å². The van der Waals surface area contributed by atoms with Crippen molar-refractivity contribution in [3.8, 4) is 0 Å². The van der Waals surface area contributed by atoms with Gasteiger partial charge in [0, 0.05) is 12.6 Å². The van der Waals surface area contributed by atoms with Crippen LogP contribution in [0, 0.1) is 5.82 Å². The summed E-state index contributed by atoms with van der Waals surface area (Å²) in [4.78, 5) is 11.3. The second-order valence-electron chi connectivity index (χ2n) is 4.42. The molecule has 1 unspecified atom stereocenters. The summed E-state index contributed by atoms with van der Waals surface area (Å²) in [6.07, 6.45) is 0. The average Bonchev–Trinajstić information content (AvgIpc) is 2.35. The van der Waals surface area contributed by atoms with Crippen molar-refractivity contribution in [2.75, 3.05) is 13.7 Å². The van der Waals surface area contributed by atoms with Crippen LogP contribution in [0.1, 0.15) is 25.5 Å². The molecule has 0 amide bonds. The van der Waals surface area contributed by atoms with Gasteiger partial charge in [-0.1, -0.05) is 12.1 Å². The van der Waals surface area contributed by atoms with Crippen molar-refractivity contribution in [3.05, 3.63) is 35.6 Å². The highest BCUT2D eigenvalue weighted by Crippen LogP contribution is 2.14. The van der Waals surface area contributed by atoms with E-state index in [0.717, 1.165) is 5.56 Å². The number of methoxy groups -OCH3 is 1. The van der Waals surface area contributed by atoms with E-state index in [1.807, 2.05) is 6.92 Å². The van der Waals surface area contributed by atoms with Gasteiger partial charge in [-0.2, -0.15) is 0 Å². The summed E-state index contributed by atoms with van der Waals surface area (Å²) in [6.45, 7) is 3.21. The molecule has 2 N–H and O–H groups in total. The summed E-state index contributed by atoms with van der Waals surface area (Å²) in [5.41, 5.74) is -0.855. The van der Waals surface area contributed by atoms with Gasteiger partial charge in [-0.25, -0.2) is 9.18 Å². The topological polar surface area (TPSA) is 58.6 Å². The van der Waals surface area contributed by atoms with E-state index < -0.39 is 11.6 Å². The summed E-state index contributed by atoms with van der Waals surface area (Å²) >= 11 is 0. The van der Waals surface area contributed by atoms with Gasteiger partial charge in [0.05, 0.1) is 7.11 Å². The number of carbonyl (C=O) groups is 1. The first-order valence-corrected chi connectivity index (χ1v) is 5.66. The Morgan fingerprint density at radius 3 is 2.83 bits per heavy atom. The molecule has 4 nitrogen and oxygen atoms in total. The normalized spacial score (nSPS) is 15.8. The molecule has 0 heterocycles. The summed E-state index contributed by atoms with van der Waals surface area (Å²) in [7, 11) is 1.22. The maximum absolute atomic E-state index is 13.0. The average molecular weight is 255 g/mol. The van der Waals surface area contributed by atoms with Crippen LogP contribution in [0.25, 0.3) is 0 Å². The number of carbonyl (C=O) groups excluding carboxylic acids is 1. The van der Waals surface area contributed by atoms with E-state index in [1.165, 1.54) is 26.2 Å². The van der Waals surface area contributed by atoms with Crippen LogP contribution < -0.4 is 5.32 Å². The first-order valence-electron chi connectivity index (χ1n) is 5.66. The molecule has 0 aliphatic rings. The third-order valence-electron chi connectivity index (χ3n) is 2.73. The second kappa shape index (κ2) is 5.93. The van der Waals surface area contributed by atoms with Crippen molar-refractivity contribution in [2.24, 2.45) is 0 Å². The number of aliphatic hydroxyl groups is 1. The van der Waals surface area contributed by atoms with Crippen LogP contribution in [0.4, 0.5) is 4.39 Å². The van der Waals surface area contributed by atoms with Gasteiger partial charge in [0.15, 0.2) is 5.60 Å². The molecule has 0 saturated heterocycles. The van der Waals surface area contributed by atoms with Crippen molar-refractivity contribution in [1.82, 2.24) is 5.32 Å². The lowest BCUT2D eigenvalue weighted by atomic mass is 10.0. The van der Waals surface area contributed by atoms with Crippen molar-refractivity contribution < 1.29 is 19.0 Å². The van der Waals surface area contributed by atoms with Crippen LogP contribution in [0.15, 0.2) is 24.3 Å². The predicted octanol–water partition coefficient (Wildman–Crippen LogP) is 1.40. The Balaban J connectivity index is 2.61. The summed E-state index contributed by atoms with van der Waals surface area (Å²) < 4.78 is 17.5. The van der Waals surface area contributed by atoms with E-state index in [9.17, 15) is 14.3 Å². The Hall–Kier alpha value is -1.46. The molecule has 0 spiro atoms. The van der Waals surface area contributed by atoms with Crippen molar-refractivity contribution in [2.45, 2.75) is 25.5 Å². The molecule has 2 atom stereocenters. The Labute approximate surface area is 106 Å². The maximum atomic E-state index is 13.0. The Kier molecular flexibility index (Phi) is 4.81. The highest BCUT2D eigenvalue weighted by Gasteiger charge is 2.31. The van der Waals surface area contributed by atoms with Crippen LogP contribution in [0.3, 0.4) is 0 Å². The monoisotopic (exact) mass is 255 g/mol. The fourth-order valence-corrected chi connectivity index (χ4v) is 1.54. The first-order chi connectivity index (χ1) is 8.36. The molecular weight excluding hydrogens is 237 g/mol. The number of halogens is 1. The van der Waals surface area contributed by atoms with Gasteiger partial charge in [-0.15, -0.1) is 0 Å². The molecule has 0 radical (unpaired) electrons. The number of ether oxygens (including phenoxy) is 1. The van der Waals surface area contributed by atoms with Crippen LogP contribution >= 0.6 is 0 Å². The van der Waals surface area contributed by atoms with Crippen LogP contribution in [0.2, 0.25) is 0 Å². The Morgan fingerprint density at radius 2 is 2.28 bits per heavy atom. The number of hydrogen-bond donors (Lipinski definition) is 2. The fraction of sp³-hybridized carbons (Fsp3) is 0.462. The molecule has 1 aromatic rings. The SMILES string of the molecule is COC(=O)C(C)(O)CN[C@@H](C)c1cccc(F)c1. The summed E-state index contributed by atoms with van der Waals surface area (Å²) in [5.74, 6) is -1.03. The number of hydrogen-bond acceptors (Lipinski definition) is 4. The lowest BCUT2D eigenvalue weighted by molar-refractivity contribution is -0.160. The van der Waals surface area contributed by atoms with E-state index in [4.69, 9.17) is 0 Å². The van der Waals surface area contributed by atoms with Crippen LogP contribution in [0.5, 0.6) is 0 Å². The molecule has 1 rings (SSSR count). The zero-order valence-corrected chi connectivity index (χ0v) is 10.7. The van der Waals surface area contributed by atoms with Crippen LogP contribution in [-0.4, -0.2) is 30.3 Å². The molecule has 100 valence electrons. The molecule has 0 saturated carbocycles. The van der Waals surface area contributed by atoms with Gasteiger partial charge in [0.2, 0.25) is 0 Å². The van der Waals surface area contributed by atoms with Gasteiger partial charge >= 0.3 is 5.97 Å². The molecule has 18 heavy (non-hydrogen) atoms. The number of nitrogens with one attached hydrogen (secondary N) is 1. The van der Waals surface area contributed by atoms with E-state index in [-0.39, 0.29) is 18.4 Å². The molecular formula is C13H18FNO3. The third kappa shape index (κ3) is 3.78. The minimum Gasteiger partial charge on any atom is -0.467 e. The highest BCUT2D eigenvalue weighted by atomic mass is 19.1. The lowest BCUT2D eigenvalue weighted by Crippen LogP contribution is -2.46. The highest BCUT2D eigenvalue weighted by molar-refractivity contribution is 5.78. The van der Waals surface area contributed by atoms with Crippen molar-refractivity contribution in [3.63, 3.8) is 0 Å². The van der Waals surface area contributed by atoms with E-state index in [1.54, 1.807) is 12.1 Å². The zero-order valence-electron chi connectivity index (χ0n) is 10.7. The molecule has 0 aromatic heterocycles. The summed E-state index contributed by atoms with van der Waals surface area (Å²) in [6, 6.07) is 5.97. The molecule has 1 aromatic carbocycles. The van der Waals surface area contributed by atoms with Gasteiger partial charge in [-0.3, -0.25) is 0 Å². The maximum Gasteiger partial charge on any atom is 0.338 e. The van der Waals surface area contributed by atoms with Crippen LogP contribution in [-0.2, 0) is 9.53 Å². The third-order valence-corrected chi connectivity index (χ3v) is 2.73. The standard InChI is InChI=1S/C13H18FNO3/c1-9(10-5-4-6-11(14)7-10)15-8-13(2,17)12(16)18-3/h4-7,9,15,17H,8H2,1-3H3/t9-,13?/m0/s1. The van der Waals surface area contributed by atoms with Crippen molar-refractivity contribution in [1.29, 1.82) is 0 Å². The molecule has 0 bridgehead atoms.